The Labute approximate surface area is 276 Å². The van der Waals surface area contributed by atoms with Gasteiger partial charge in [0.2, 0.25) is 0 Å². The summed E-state index contributed by atoms with van der Waals surface area (Å²) in [6.07, 6.45) is -5.59. The van der Waals surface area contributed by atoms with Crippen molar-refractivity contribution in [3.05, 3.63) is 103 Å². The van der Waals surface area contributed by atoms with E-state index in [1.54, 1.807) is 4.90 Å². The normalized spacial score (nSPS) is 27.1. The van der Waals surface area contributed by atoms with Crippen LogP contribution in [0.4, 0.5) is 4.79 Å². The minimum Gasteiger partial charge on any atom is -0.459 e. The minimum absolute atomic E-state index is 0.0678. The predicted molar refractivity (Wildman–Crippen MR) is 170 cm³/mol. The molecule has 1 amide bonds. The average Bonchev–Trinajstić information content (AvgIpc) is 3.09. The van der Waals surface area contributed by atoms with E-state index in [2.05, 4.69) is 30.1 Å². The number of hydrogen-bond donors (Lipinski definition) is 1. The summed E-state index contributed by atoms with van der Waals surface area (Å²) in [7, 11) is 0. The fraction of sp³-hybridized carbons (Fsp3) is 0.548. The third kappa shape index (κ3) is 9.29. The molecule has 1 saturated carbocycles. The van der Waals surface area contributed by atoms with Gasteiger partial charge in [-0.05, 0) is 53.4 Å². The molecule has 1 N–H and O–H groups in total. The Kier molecular flexibility index (Phi) is 13.3. The summed E-state index contributed by atoms with van der Waals surface area (Å²) in [6, 6.07) is 15.3. The Morgan fingerprint density at radius 3 is 2.08 bits per heavy atom. The van der Waals surface area contributed by atoms with Crippen molar-refractivity contribution < 1.29 is 33.6 Å². The van der Waals surface area contributed by atoms with Gasteiger partial charge in [-0.1, -0.05) is 82.9 Å². The number of amides is 1. The van der Waals surface area contributed by atoms with E-state index in [4.69, 9.17) is 24.5 Å². The Morgan fingerprint density at radius 1 is 0.917 bits per heavy atom. The van der Waals surface area contributed by atoms with Gasteiger partial charge in [-0.3, -0.25) is 9.69 Å². The number of carbonyl (C=O) groups excluding carboxylic acids is 2. The number of benzene rings is 2. The second kappa shape index (κ2) is 17.8. The van der Waals surface area contributed by atoms with Gasteiger partial charge in [-0.2, -0.15) is 0 Å². The lowest BCUT2D eigenvalue weighted by molar-refractivity contribution is -0.261. The molecule has 1 heterocycles. The van der Waals surface area contributed by atoms with Crippen molar-refractivity contribution in [1.29, 1.82) is 0 Å². The number of hydrogen-bond acceptors (Lipinski definition) is 10. The third-order valence-corrected chi connectivity index (χ3v) is 8.36. The largest absolute Gasteiger partial charge is 0.459 e. The maximum atomic E-state index is 13.7. The van der Waals surface area contributed by atoms with Gasteiger partial charge < -0.3 is 24.1 Å². The summed E-state index contributed by atoms with van der Waals surface area (Å²) in [5.41, 5.74) is 29.4. The number of esters is 1. The van der Waals surface area contributed by atoms with Gasteiger partial charge in [0.05, 0.1) is 36.4 Å². The number of carbonyl (C=O) groups is 2. The van der Waals surface area contributed by atoms with E-state index in [0.29, 0.717) is 19.3 Å². The van der Waals surface area contributed by atoms with Crippen LogP contribution in [-0.4, -0.2) is 76.9 Å². The number of aliphatic hydroxyl groups excluding tert-OH is 1. The predicted octanol–water partition coefficient (Wildman–Crippen LogP) is 6.23. The molecule has 9 unspecified atom stereocenters. The van der Waals surface area contributed by atoms with Crippen LogP contribution in [0.25, 0.3) is 31.3 Å². The monoisotopic (exact) mass is 662 g/mol. The topological polar surface area (TPSA) is 241 Å². The summed E-state index contributed by atoms with van der Waals surface area (Å²) in [6.45, 7) is 3.34. The minimum atomic E-state index is -1.60. The summed E-state index contributed by atoms with van der Waals surface area (Å²) >= 11 is 0. The molecule has 254 valence electrons. The SMILES string of the molecule is CCC(C1CCC(N=[N+]=[N-])C(OC2C(N=[N+]=[N-])CC(N=[N+]=[N-])C(OC(C)=O)C2O)O1)N(Cc1ccccc1)C(=O)OCc1ccccc1. The van der Waals surface area contributed by atoms with Crippen LogP contribution in [0.1, 0.15) is 50.7 Å². The first-order valence-corrected chi connectivity index (χ1v) is 15.6. The van der Waals surface area contributed by atoms with Crippen LogP contribution < -0.4 is 0 Å². The maximum Gasteiger partial charge on any atom is 0.410 e. The van der Waals surface area contributed by atoms with Crippen molar-refractivity contribution in [2.24, 2.45) is 15.3 Å². The highest BCUT2D eigenvalue weighted by Crippen LogP contribution is 2.35. The molecule has 4 rings (SSSR count). The van der Waals surface area contributed by atoms with E-state index in [1.165, 1.54) is 0 Å². The van der Waals surface area contributed by atoms with Gasteiger partial charge in [0.15, 0.2) is 6.29 Å². The van der Waals surface area contributed by atoms with Crippen LogP contribution in [0.3, 0.4) is 0 Å². The molecule has 0 radical (unpaired) electrons. The van der Waals surface area contributed by atoms with Gasteiger partial charge in [-0.25, -0.2) is 4.79 Å². The van der Waals surface area contributed by atoms with Crippen LogP contribution in [0.2, 0.25) is 0 Å². The van der Waals surface area contributed by atoms with Gasteiger partial charge >= 0.3 is 12.1 Å². The highest BCUT2D eigenvalue weighted by Gasteiger charge is 2.49. The summed E-state index contributed by atoms with van der Waals surface area (Å²) < 4.78 is 23.7. The van der Waals surface area contributed by atoms with Gasteiger partial charge in [0.25, 0.3) is 0 Å². The van der Waals surface area contributed by atoms with Crippen molar-refractivity contribution in [1.82, 2.24) is 4.90 Å². The standard InChI is InChI=1S/C31H38N10O7/c1-3-25(41(17-20-10-6-4-7-11-20)31(44)45-18-21-12-8-5-9-13-21)26-15-14-22(35-38-32)30(47-26)48-29-24(37-40-34)16-23(36-39-33)28(27(29)43)46-19(2)42/h4-13,22-30,43H,3,14-18H2,1-2H3. The molecule has 1 aliphatic carbocycles. The van der Waals surface area contributed by atoms with Crippen LogP contribution in [0, 0.1) is 0 Å². The van der Waals surface area contributed by atoms with Crippen molar-refractivity contribution in [3.63, 3.8) is 0 Å². The second-order valence-corrected chi connectivity index (χ2v) is 11.5. The van der Waals surface area contributed by atoms with E-state index in [0.717, 1.165) is 18.1 Å². The molecule has 0 spiro atoms. The van der Waals surface area contributed by atoms with E-state index in [-0.39, 0.29) is 19.6 Å². The molecule has 17 nitrogen and oxygen atoms in total. The van der Waals surface area contributed by atoms with Crippen LogP contribution >= 0.6 is 0 Å². The number of azide groups is 3. The number of nitrogens with zero attached hydrogens (tertiary/aromatic N) is 10. The van der Waals surface area contributed by atoms with Crippen molar-refractivity contribution in [2.45, 2.75) is 108 Å². The zero-order chi connectivity index (χ0) is 34.5. The molecule has 0 bridgehead atoms. The molecule has 17 heteroatoms. The van der Waals surface area contributed by atoms with Crippen molar-refractivity contribution in [2.75, 3.05) is 0 Å². The lowest BCUT2D eigenvalue weighted by Gasteiger charge is -2.45. The third-order valence-electron chi connectivity index (χ3n) is 8.36. The van der Waals surface area contributed by atoms with Crippen LogP contribution in [-0.2, 0) is 36.9 Å². The van der Waals surface area contributed by atoms with Crippen molar-refractivity contribution in [3.8, 4) is 0 Å². The van der Waals surface area contributed by atoms with E-state index < -0.39 is 66.9 Å². The lowest BCUT2D eigenvalue weighted by atomic mass is 9.84. The average molecular weight is 663 g/mol. The lowest BCUT2D eigenvalue weighted by Crippen LogP contribution is -2.59. The van der Waals surface area contributed by atoms with E-state index in [1.807, 2.05) is 67.6 Å². The quantitative estimate of drug-likeness (QED) is 0.112. The molecule has 1 aliphatic heterocycles. The van der Waals surface area contributed by atoms with E-state index in [9.17, 15) is 25.8 Å². The molecule has 2 aliphatic rings. The van der Waals surface area contributed by atoms with E-state index >= 15 is 0 Å². The first-order valence-electron chi connectivity index (χ1n) is 15.6. The Bertz CT molecular complexity index is 1520. The van der Waals surface area contributed by atoms with Crippen molar-refractivity contribution >= 4 is 12.1 Å². The maximum absolute atomic E-state index is 13.7. The van der Waals surface area contributed by atoms with Gasteiger partial charge in [0, 0.05) is 28.2 Å². The molecule has 9 atom stereocenters. The Morgan fingerprint density at radius 2 is 1.50 bits per heavy atom. The number of rotatable bonds is 13. The molecular weight excluding hydrogens is 624 g/mol. The first kappa shape index (κ1) is 35.8. The summed E-state index contributed by atoms with van der Waals surface area (Å²) in [5, 5.41) is 22.6. The molecule has 1 saturated heterocycles. The molecule has 0 aromatic heterocycles. The zero-order valence-corrected chi connectivity index (χ0v) is 26.6. The smallest absolute Gasteiger partial charge is 0.410 e. The summed E-state index contributed by atoms with van der Waals surface area (Å²) in [5.74, 6) is -0.734. The van der Waals surface area contributed by atoms with Gasteiger partial charge in [-0.15, -0.1) is 0 Å². The molecule has 2 aromatic carbocycles. The number of ether oxygens (including phenoxy) is 4. The number of aliphatic hydroxyl groups is 1. The summed E-state index contributed by atoms with van der Waals surface area (Å²) in [4.78, 5) is 35.7. The fourth-order valence-corrected chi connectivity index (χ4v) is 6.15. The van der Waals surface area contributed by atoms with Crippen LogP contribution in [0.15, 0.2) is 76.0 Å². The molecular formula is C31H38N10O7. The molecule has 2 aromatic rings. The van der Waals surface area contributed by atoms with Crippen LogP contribution in [0.5, 0.6) is 0 Å². The Hall–Kier alpha value is -5.01. The highest BCUT2D eigenvalue weighted by molar-refractivity contribution is 5.68. The first-order chi connectivity index (χ1) is 23.3. The Balaban J connectivity index is 1.61. The highest BCUT2D eigenvalue weighted by atomic mass is 16.7. The fourth-order valence-electron chi connectivity index (χ4n) is 6.15. The molecule has 48 heavy (non-hydrogen) atoms. The zero-order valence-electron chi connectivity index (χ0n) is 26.6. The second-order valence-electron chi connectivity index (χ2n) is 11.5. The molecule has 2 fully saturated rings. The van der Waals surface area contributed by atoms with Gasteiger partial charge in [0.1, 0.15) is 18.8 Å².